The van der Waals surface area contributed by atoms with E-state index in [1.54, 1.807) is 0 Å². The zero-order valence-electron chi connectivity index (χ0n) is 14.3. The zero-order chi connectivity index (χ0) is 19.9. The third kappa shape index (κ3) is 3.96. The SMILES string of the molecule is COC(=O)CN(CN1C(=O)c2cc(Cl)c(Cl)cc2C1=O)[C@H]1CCS(=O)(=O)C1. The number of carbonyl (C=O) groups is 3. The van der Waals surface area contributed by atoms with Gasteiger partial charge in [-0.2, -0.15) is 0 Å². The molecule has 1 aromatic carbocycles. The molecule has 3 rings (SSSR count). The molecule has 1 atom stereocenters. The van der Waals surface area contributed by atoms with Crippen LogP contribution in [0.3, 0.4) is 0 Å². The summed E-state index contributed by atoms with van der Waals surface area (Å²) in [6.45, 7) is -0.484. The quantitative estimate of drug-likeness (QED) is 0.506. The first-order valence-corrected chi connectivity index (χ1v) is 10.6. The van der Waals surface area contributed by atoms with E-state index in [9.17, 15) is 22.8 Å². The van der Waals surface area contributed by atoms with E-state index < -0.39 is 33.7 Å². The summed E-state index contributed by atoms with van der Waals surface area (Å²) in [4.78, 5) is 39.5. The number of ether oxygens (including phenoxy) is 1. The third-order valence-electron chi connectivity index (χ3n) is 4.62. The highest BCUT2D eigenvalue weighted by molar-refractivity contribution is 7.91. The van der Waals surface area contributed by atoms with Crippen molar-refractivity contribution in [2.24, 2.45) is 0 Å². The summed E-state index contributed by atoms with van der Waals surface area (Å²) in [7, 11) is -2.02. The number of rotatable bonds is 5. The highest BCUT2D eigenvalue weighted by Gasteiger charge is 2.40. The van der Waals surface area contributed by atoms with Crippen molar-refractivity contribution in [2.75, 3.05) is 31.8 Å². The molecular formula is C16H16Cl2N2O6S. The fourth-order valence-electron chi connectivity index (χ4n) is 3.18. The van der Waals surface area contributed by atoms with Crippen molar-refractivity contribution in [1.29, 1.82) is 0 Å². The lowest BCUT2D eigenvalue weighted by Crippen LogP contribution is -2.48. The Balaban J connectivity index is 1.86. The lowest BCUT2D eigenvalue weighted by molar-refractivity contribution is -0.142. The second-order valence-corrected chi connectivity index (χ2v) is 9.41. The fraction of sp³-hybridized carbons (Fsp3) is 0.438. The maximum absolute atomic E-state index is 12.6. The molecule has 0 aromatic heterocycles. The van der Waals surface area contributed by atoms with E-state index in [-0.39, 0.29) is 45.9 Å². The van der Waals surface area contributed by atoms with Gasteiger partial charge in [-0.25, -0.2) is 8.42 Å². The van der Waals surface area contributed by atoms with Crippen molar-refractivity contribution in [3.05, 3.63) is 33.3 Å². The first kappa shape index (κ1) is 20.1. The predicted octanol–water partition coefficient (Wildman–Crippen LogP) is 1.21. The van der Waals surface area contributed by atoms with Crippen molar-refractivity contribution in [3.8, 4) is 0 Å². The molecule has 11 heteroatoms. The van der Waals surface area contributed by atoms with E-state index in [0.29, 0.717) is 6.42 Å². The van der Waals surface area contributed by atoms with Crippen LogP contribution < -0.4 is 0 Å². The average Bonchev–Trinajstić information content (AvgIpc) is 3.07. The van der Waals surface area contributed by atoms with Crippen LogP contribution >= 0.6 is 23.2 Å². The normalized spacial score (nSPS) is 21.0. The Hall–Kier alpha value is -1.68. The standard InChI is InChI=1S/C16H16Cl2N2O6S/c1-26-14(21)6-19(9-2-3-27(24,25)7-9)8-20-15(22)10-4-12(17)13(18)5-11(10)16(20)23/h4-5,9H,2-3,6-8H2,1H3/t9-/m0/s1. The lowest BCUT2D eigenvalue weighted by Gasteiger charge is -2.30. The summed E-state index contributed by atoms with van der Waals surface area (Å²) in [6.07, 6.45) is 0.306. The number of methoxy groups -OCH3 is 1. The molecule has 8 nitrogen and oxygen atoms in total. The number of hydrogen-bond acceptors (Lipinski definition) is 7. The van der Waals surface area contributed by atoms with E-state index in [1.807, 2.05) is 0 Å². The number of nitrogens with zero attached hydrogens (tertiary/aromatic N) is 2. The van der Waals surface area contributed by atoms with Crippen LogP contribution in [0.5, 0.6) is 0 Å². The summed E-state index contributed by atoms with van der Waals surface area (Å²) in [5.74, 6) is -1.91. The topological polar surface area (TPSA) is 101 Å². The summed E-state index contributed by atoms with van der Waals surface area (Å²) >= 11 is 11.9. The Labute approximate surface area is 165 Å². The van der Waals surface area contributed by atoms with Gasteiger partial charge in [0.15, 0.2) is 9.84 Å². The molecule has 0 bridgehead atoms. The zero-order valence-corrected chi connectivity index (χ0v) is 16.6. The second kappa shape index (κ2) is 7.38. The van der Waals surface area contributed by atoms with Crippen LogP contribution in [-0.4, -0.2) is 73.9 Å². The van der Waals surface area contributed by atoms with Gasteiger partial charge in [-0.15, -0.1) is 0 Å². The largest absolute Gasteiger partial charge is 0.468 e. The molecule has 2 amide bonds. The number of esters is 1. The van der Waals surface area contributed by atoms with Crippen LogP contribution in [0.25, 0.3) is 0 Å². The first-order valence-electron chi connectivity index (χ1n) is 7.99. The summed E-state index contributed by atoms with van der Waals surface area (Å²) in [5.41, 5.74) is 0.234. The molecule has 1 aromatic rings. The molecule has 0 unspecified atom stereocenters. The number of sulfone groups is 1. The van der Waals surface area contributed by atoms with Crippen molar-refractivity contribution >= 4 is 50.8 Å². The average molecular weight is 435 g/mol. The monoisotopic (exact) mass is 434 g/mol. The molecule has 1 saturated heterocycles. The van der Waals surface area contributed by atoms with Gasteiger partial charge < -0.3 is 4.74 Å². The Morgan fingerprint density at radius 3 is 2.22 bits per heavy atom. The number of imide groups is 1. The predicted molar refractivity (Wildman–Crippen MR) is 97.6 cm³/mol. The van der Waals surface area contributed by atoms with Gasteiger partial charge in [-0.05, 0) is 18.6 Å². The van der Waals surface area contributed by atoms with Gasteiger partial charge in [0.25, 0.3) is 11.8 Å². The van der Waals surface area contributed by atoms with Crippen LogP contribution in [0.2, 0.25) is 10.0 Å². The molecule has 2 aliphatic rings. The third-order valence-corrected chi connectivity index (χ3v) is 7.09. The maximum atomic E-state index is 12.6. The minimum absolute atomic E-state index is 0.0112. The van der Waals surface area contributed by atoms with E-state index >= 15 is 0 Å². The molecule has 2 aliphatic heterocycles. The lowest BCUT2D eigenvalue weighted by atomic mass is 10.1. The van der Waals surface area contributed by atoms with E-state index in [4.69, 9.17) is 23.2 Å². The Morgan fingerprint density at radius 2 is 1.78 bits per heavy atom. The van der Waals surface area contributed by atoms with E-state index in [1.165, 1.54) is 24.1 Å². The highest BCUT2D eigenvalue weighted by atomic mass is 35.5. The number of carbonyl (C=O) groups excluding carboxylic acids is 3. The van der Waals surface area contributed by atoms with Crippen LogP contribution in [0, 0.1) is 0 Å². The molecule has 0 radical (unpaired) electrons. The van der Waals surface area contributed by atoms with Crippen LogP contribution in [0.4, 0.5) is 0 Å². The number of halogens is 2. The summed E-state index contributed by atoms with van der Waals surface area (Å²) < 4.78 is 28.3. The molecule has 1 fully saturated rings. The Kier molecular flexibility index (Phi) is 5.49. The Bertz CT molecular complexity index is 892. The molecule has 27 heavy (non-hydrogen) atoms. The van der Waals surface area contributed by atoms with Crippen molar-refractivity contribution in [3.63, 3.8) is 0 Å². The molecule has 0 spiro atoms. The second-order valence-electron chi connectivity index (χ2n) is 6.37. The van der Waals surface area contributed by atoms with E-state index in [0.717, 1.165) is 4.90 Å². The van der Waals surface area contributed by atoms with E-state index in [2.05, 4.69) is 4.74 Å². The highest BCUT2D eigenvalue weighted by Crippen LogP contribution is 2.32. The van der Waals surface area contributed by atoms with Gasteiger partial charge in [-0.1, -0.05) is 23.2 Å². The molecule has 2 heterocycles. The minimum Gasteiger partial charge on any atom is -0.468 e. The number of amides is 2. The molecular weight excluding hydrogens is 419 g/mol. The molecule has 0 saturated carbocycles. The molecule has 0 aliphatic carbocycles. The number of fused-ring (bicyclic) bond motifs is 1. The van der Waals surface area contributed by atoms with Gasteiger partial charge in [-0.3, -0.25) is 24.2 Å². The van der Waals surface area contributed by atoms with Gasteiger partial charge in [0.05, 0.1) is 53.0 Å². The van der Waals surface area contributed by atoms with Gasteiger partial charge in [0.2, 0.25) is 0 Å². The minimum atomic E-state index is -3.23. The summed E-state index contributed by atoms with van der Waals surface area (Å²) in [6, 6.07) is 2.15. The van der Waals surface area contributed by atoms with Gasteiger partial charge in [0, 0.05) is 6.04 Å². The molecule has 0 N–H and O–H groups in total. The first-order chi connectivity index (χ1) is 12.6. The summed E-state index contributed by atoms with van der Waals surface area (Å²) in [5, 5.41) is 0.290. The van der Waals surface area contributed by atoms with Gasteiger partial charge in [0.1, 0.15) is 0 Å². The van der Waals surface area contributed by atoms with Crippen LogP contribution in [0.15, 0.2) is 12.1 Å². The van der Waals surface area contributed by atoms with Crippen molar-refractivity contribution in [2.45, 2.75) is 12.5 Å². The van der Waals surface area contributed by atoms with Gasteiger partial charge >= 0.3 is 5.97 Å². The van der Waals surface area contributed by atoms with Crippen LogP contribution in [-0.2, 0) is 19.4 Å². The number of hydrogen-bond donors (Lipinski definition) is 0. The van der Waals surface area contributed by atoms with Crippen LogP contribution in [0.1, 0.15) is 27.1 Å². The smallest absolute Gasteiger partial charge is 0.319 e. The van der Waals surface area contributed by atoms with Crippen molar-refractivity contribution < 1.29 is 27.5 Å². The maximum Gasteiger partial charge on any atom is 0.319 e. The van der Waals surface area contributed by atoms with Crippen molar-refractivity contribution in [1.82, 2.24) is 9.80 Å². The Morgan fingerprint density at radius 1 is 1.22 bits per heavy atom. The number of benzene rings is 1. The fourth-order valence-corrected chi connectivity index (χ4v) is 5.27. The molecule has 146 valence electrons.